The Morgan fingerprint density at radius 3 is 2.50 bits per heavy atom. The first-order chi connectivity index (χ1) is 5.55. The minimum atomic E-state index is -4.31. The topological polar surface area (TPSA) is 9.23 Å². The summed E-state index contributed by atoms with van der Waals surface area (Å²) in [6.45, 7) is 0. The van der Waals surface area contributed by atoms with E-state index in [-0.39, 0.29) is 5.76 Å². The molecule has 0 amide bonds. The van der Waals surface area contributed by atoms with Crippen LogP contribution in [0.3, 0.4) is 0 Å². The summed E-state index contributed by atoms with van der Waals surface area (Å²) in [5.41, 5.74) is -0.687. The van der Waals surface area contributed by atoms with E-state index in [1.165, 1.54) is 13.2 Å². The highest BCUT2D eigenvalue weighted by Crippen LogP contribution is 2.34. The number of ether oxygens (including phenoxy) is 1. The Bertz CT molecular complexity index is 225. The van der Waals surface area contributed by atoms with Crippen LogP contribution in [-0.4, -0.2) is 13.3 Å². The molecule has 0 spiro atoms. The Hall–Kier alpha value is -0.930. The highest BCUT2D eigenvalue weighted by atomic mass is 19.4. The second kappa shape index (κ2) is 3.21. The smallest absolute Gasteiger partial charge is 0.419 e. The van der Waals surface area contributed by atoms with Crippen LogP contribution in [0.1, 0.15) is 6.42 Å². The van der Waals surface area contributed by atoms with Crippen LogP contribution in [0.4, 0.5) is 13.2 Å². The first-order valence-corrected chi connectivity index (χ1v) is 3.41. The number of allylic oxidation sites excluding steroid dienone is 3. The summed E-state index contributed by atoms with van der Waals surface area (Å²) in [6, 6.07) is 0. The molecule has 67 valence electrons. The third-order valence-corrected chi connectivity index (χ3v) is 1.52. The van der Waals surface area contributed by atoms with Crippen molar-refractivity contribution in [2.45, 2.75) is 12.6 Å². The monoisotopic (exact) mass is 177 g/mol. The molecule has 0 aromatic carbocycles. The quantitative estimate of drug-likeness (QED) is 0.598. The molecule has 0 aromatic heterocycles. The Balaban J connectivity index is 2.88. The van der Waals surface area contributed by atoms with Crippen LogP contribution in [0.5, 0.6) is 0 Å². The molecule has 0 saturated heterocycles. The Labute approximate surface area is 68.5 Å². The van der Waals surface area contributed by atoms with E-state index >= 15 is 0 Å². The lowest BCUT2D eigenvalue weighted by Crippen LogP contribution is -2.16. The van der Waals surface area contributed by atoms with Gasteiger partial charge in [0.05, 0.1) is 12.7 Å². The van der Waals surface area contributed by atoms with Crippen molar-refractivity contribution in [1.29, 1.82) is 0 Å². The van der Waals surface area contributed by atoms with E-state index in [0.717, 1.165) is 6.08 Å². The molecule has 0 N–H and O–H groups in total. The van der Waals surface area contributed by atoms with Crippen molar-refractivity contribution in [3.8, 4) is 0 Å². The van der Waals surface area contributed by atoms with E-state index in [0.29, 0.717) is 6.42 Å². The summed E-state index contributed by atoms with van der Waals surface area (Å²) in [5.74, 6) is -0.117. The molecule has 1 nitrogen and oxygen atoms in total. The maximum Gasteiger partial charge on any atom is 0.419 e. The zero-order valence-corrected chi connectivity index (χ0v) is 6.48. The summed E-state index contributed by atoms with van der Waals surface area (Å²) in [4.78, 5) is 0. The first kappa shape index (κ1) is 9.16. The molecule has 0 bridgehead atoms. The van der Waals surface area contributed by atoms with Crippen molar-refractivity contribution in [3.05, 3.63) is 29.9 Å². The largest absolute Gasteiger partial charge is 0.496 e. The van der Waals surface area contributed by atoms with Crippen LogP contribution in [0, 0.1) is 6.42 Å². The molecule has 1 radical (unpaired) electrons. The summed E-state index contributed by atoms with van der Waals surface area (Å²) >= 11 is 0. The fraction of sp³-hybridized carbons (Fsp3) is 0.375. The van der Waals surface area contributed by atoms with Crippen molar-refractivity contribution in [2.75, 3.05) is 7.11 Å². The summed E-state index contributed by atoms with van der Waals surface area (Å²) < 4.78 is 41.1. The highest BCUT2D eigenvalue weighted by molar-refractivity contribution is 5.35. The lowest BCUT2D eigenvalue weighted by atomic mass is 10.1. The molecule has 0 aliphatic heterocycles. The van der Waals surface area contributed by atoms with Crippen LogP contribution in [-0.2, 0) is 4.74 Å². The van der Waals surface area contributed by atoms with E-state index in [1.54, 1.807) is 6.42 Å². The number of hydrogen-bond acceptors (Lipinski definition) is 1. The van der Waals surface area contributed by atoms with E-state index in [4.69, 9.17) is 0 Å². The molecular weight excluding hydrogens is 169 g/mol. The van der Waals surface area contributed by atoms with Crippen LogP contribution in [0.15, 0.2) is 23.5 Å². The SMILES string of the molecule is COC1=C[CH]CC=C1C(F)(F)F. The minimum absolute atomic E-state index is 0.117. The van der Waals surface area contributed by atoms with E-state index in [2.05, 4.69) is 4.74 Å². The van der Waals surface area contributed by atoms with Crippen LogP contribution < -0.4 is 0 Å². The van der Waals surface area contributed by atoms with Crippen LogP contribution >= 0.6 is 0 Å². The van der Waals surface area contributed by atoms with Gasteiger partial charge >= 0.3 is 6.18 Å². The lowest BCUT2D eigenvalue weighted by Gasteiger charge is -2.16. The lowest BCUT2D eigenvalue weighted by molar-refractivity contribution is -0.0936. The van der Waals surface area contributed by atoms with Gasteiger partial charge in [-0.3, -0.25) is 0 Å². The normalized spacial score (nSPS) is 18.3. The van der Waals surface area contributed by atoms with Gasteiger partial charge in [0, 0.05) is 0 Å². The van der Waals surface area contributed by atoms with Gasteiger partial charge < -0.3 is 4.74 Å². The number of hydrogen-bond donors (Lipinski definition) is 0. The van der Waals surface area contributed by atoms with Gasteiger partial charge in [0.2, 0.25) is 0 Å². The van der Waals surface area contributed by atoms with Crippen LogP contribution in [0.25, 0.3) is 0 Å². The molecule has 1 aliphatic carbocycles. The van der Waals surface area contributed by atoms with Gasteiger partial charge in [-0.1, -0.05) is 6.08 Å². The van der Waals surface area contributed by atoms with Crippen molar-refractivity contribution >= 4 is 0 Å². The molecule has 1 rings (SSSR count). The van der Waals surface area contributed by atoms with Crippen molar-refractivity contribution in [1.82, 2.24) is 0 Å². The highest BCUT2D eigenvalue weighted by Gasteiger charge is 2.37. The van der Waals surface area contributed by atoms with Gasteiger partial charge in [-0.2, -0.15) is 13.2 Å². The van der Waals surface area contributed by atoms with Crippen molar-refractivity contribution in [3.63, 3.8) is 0 Å². The second-order valence-corrected chi connectivity index (χ2v) is 2.32. The molecular formula is C8H8F3O. The zero-order valence-electron chi connectivity index (χ0n) is 6.48. The standard InChI is InChI=1S/C8H8F3O/c1-12-7-5-3-2-4-6(7)8(9,10)11/h3-5H,2H2,1H3. The third kappa shape index (κ3) is 1.81. The Morgan fingerprint density at radius 2 is 2.08 bits per heavy atom. The van der Waals surface area contributed by atoms with E-state index < -0.39 is 11.7 Å². The summed E-state index contributed by atoms with van der Waals surface area (Å²) in [7, 11) is 1.23. The third-order valence-electron chi connectivity index (χ3n) is 1.52. The molecule has 0 heterocycles. The predicted molar refractivity (Wildman–Crippen MR) is 38.1 cm³/mol. The molecule has 12 heavy (non-hydrogen) atoms. The fourth-order valence-electron chi connectivity index (χ4n) is 0.985. The average molecular weight is 177 g/mol. The van der Waals surface area contributed by atoms with Gasteiger partial charge in [0.1, 0.15) is 5.76 Å². The van der Waals surface area contributed by atoms with Gasteiger partial charge in [0.25, 0.3) is 0 Å². The molecule has 0 atom stereocenters. The van der Waals surface area contributed by atoms with Gasteiger partial charge in [-0.05, 0) is 18.9 Å². The van der Waals surface area contributed by atoms with Gasteiger partial charge in [0.15, 0.2) is 0 Å². The number of rotatable bonds is 1. The first-order valence-electron chi connectivity index (χ1n) is 3.41. The Morgan fingerprint density at radius 1 is 1.42 bits per heavy atom. The zero-order chi connectivity index (χ0) is 9.19. The number of methoxy groups -OCH3 is 1. The summed E-state index contributed by atoms with van der Waals surface area (Å²) in [6.07, 6.45) is 0.0630. The summed E-state index contributed by atoms with van der Waals surface area (Å²) in [5, 5.41) is 0. The average Bonchev–Trinajstić information content (AvgIpc) is 2.03. The predicted octanol–water partition coefficient (Wildman–Crippen LogP) is 2.61. The molecule has 0 saturated carbocycles. The van der Waals surface area contributed by atoms with Gasteiger partial charge in [-0.15, -0.1) is 0 Å². The second-order valence-electron chi connectivity index (χ2n) is 2.32. The van der Waals surface area contributed by atoms with Crippen molar-refractivity contribution in [2.24, 2.45) is 0 Å². The number of alkyl halides is 3. The van der Waals surface area contributed by atoms with Crippen molar-refractivity contribution < 1.29 is 17.9 Å². The fourth-order valence-corrected chi connectivity index (χ4v) is 0.985. The van der Waals surface area contributed by atoms with Crippen LogP contribution in [0.2, 0.25) is 0 Å². The maximum absolute atomic E-state index is 12.2. The maximum atomic E-state index is 12.2. The van der Waals surface area contributed by atoms with Gasteiger partial charge in [-0.25, -0.2) is 0 Å². The molecule has 0 fully saturated rings. The van der Waals surface area contributed by atoms with E-state index in [9.17, 15) is 13.2 Å². The molecule has 0 unspecified atom stereocenters. The minimum Gasteiger partial charge on any atom is -0.496 e. The molecule has 0 aromatic rings. The number of halogens is 3. The Kier molecular flexibility index (Phi) is 2.45. The molecule has 4 heteroatoms. The molecule has 1 aliphatic rings. The van der Waals surface area contributed by atoms with E-state index in [1.807, 2.05) is 0 Å².